The van der Waals surface area contributed by atoms with Crippen LogP contribution in [-0.4, -0.2) is 26.8 Å². The zero-order valence-corrected chi connectivity index (χ0v) is 18.1. The van der Waals surface area contributed by atoms with Gasteiger partial charge in [-0.3, -0.25) is 4.98 Å². The predicted molar refractivity (Wildman–Crippen MR) is 108 cm³/mol. The van der Waals surface area contributed by atoms with E-state index in [-0.39, 0.29) is 10.9 Å². The molecule has 0 fully saturated rings. The molecule has 0 saturated heterocycles. The lowest BCUT2D eigenvalue weighted by atomic mass is 10.2. The summed E-state index contributed by atoms with van der Waals surface area (Å²) in [7, 11) is -2.95. The molecule has 13 heteroatoms. The summed E-state index contributed by atoms with van der Waals surface area (Å²) in [4.78, 5) is 7.62. The minimum atomic E-state index is -4.80. The molecule has 32 heavy (non-hydrogen) atoms. The average Bonchev–Trinajstić information content (AvgIpc) is 3.14. The van der Waals surface area contributed by atoms with Gasteiger partial charge in [-0.25, -0.2) is 9.19 Å². The van der Waals surface area contributed by atoms with Gasteiger partial charge in [0.1, 0.15) is 11.4 Å². The van der Waals surface area contributed by atoms with E-state index in [2.05, 4.69) is 19.1 Å². The molecule has 0 N–H and O–H groups in total. The highest BCUT2D eigenvalue weighted by Crippen LogP contribution is 2.33. The molecule has 0 aliphatic carbocycles. The summed E-state index contributed by atoms with van der Waals surface area (Å²) in [5.41, 5.74) is 0.182. The summed E-state index contributed by atoms with van der Waals surface area (Å²) in [5, 5.41) is 1.02. The second-order valence-electron chi connectivity index (χ2n) is 6.66. The lowest BCUT2D eigenvalue weighted by Crippen LogP contribution is -2.16. The molecule has 3 aromatic rings. The molecule has 0 aliphatic heterocycles. The minimum Gasteiger partial charge on any atom is -0.406 e. The number of alkyl halides is 6. The van der Waals surface area contributed by atoms with Gasteiger partial charge in [0, 0.05) is 23.4 Å². The third kappa shape index (κ3) is 5.97. The highest BCUT2D eigenvalue weighted by atomic mass is 32.2. The normalized spacial score (nSPS) is 15.1. The molecule has 0 aliphatic rings. The molecule has 0 amide bonds. The summed E-state index contributed by atoms with van der Waals surface area (Å²) in [6.45, 7) is 1.56. The first-order chi connectivity index (χ1) is 14.7. The highest BCUT2D eigenvalue weighted by molar-refractivity contribution is 7.93. The monoisotopic (exact) mass is 495 g/mol. The fourth-order valence-electron chi connectivity index (χ4n) is 2.57. The van der Waals surface area contributed by atoms with Gasteiger partial charge in [-0.1, -0.05) is 6.07 Å². The molecule has 2 heterocycles. The van der Waals surface area contributed by atoms with Crippen LogP contribution in [0.25, 0.3) is 11.3 Å². The van der Waals surface area contributed by atoms with E-state index < -0.39 is 33.2 Å². The molecule has 172 valence electrons. The van der Waals surface area contributed by atoms with E-state index in [4.69, 9.17) is 0 Å². The molecule has 1 aromatic carbocycles. The molecule has 0 radical (unpaired) electrons. The number of nitrogens with zero attached hydrogens (tertiary/aromatic N) is 3. The Balaban J connectivity index is 1.80. The Morgan fingerprint density at radius 3 is 2.25 bits per heavy atom. The van der Waals surface area contributed by atoms with Gasteiger partial charge in [-0.05, 0) is 42.8 Å². The zero-order valence-electron chi connectivity index (χ0n) is 16.4. The van der Waals surface area contributed by atoms with Crippen molar-refractivity contribution in [1.29, 1.82) is 0 Å². The summed E-state index contributed by atoms with van der Waals surface area (Å²) >= 11 is 1.07. The first-order valence-electron chi connectivity index (χ1n) is 8.80. The Bertz CT molecular complexity index is 1200. The molecule has 2 atom stereocenters. The number of pyridine rings is 1. The maximum Gasteiger partial charge on any atom is 0.573 e. The molecule has 0 saturated carbocycles. The Kier molecular flexibility index (Phi) is 6.52. The van der Waals surface area contributed by atoms with Crippen molar-refractivity contribution in [2.24, 2.45) is 4.36 Å². The Morgan fingerprint density at radius 2 is 1.72 bits per heavy atom. The van der Waals surface area contributed by atoms with Crippen LogP contribution in [0.3, 0.4) is 0 Å². The van der Waals surface area contributed by atoms with Gasteiger partial charge in [0.05, 0.1) is 20.7 Å². The third-order valence-corrected chi connectivity index (χ3v) is 7.31. The van der Waals surface area contributed by atoms with Crippen molar-refractivity contribution in [2.75, 3.05) is 6.26 Å². The number of hydrogen-bond donors (Lipinski definition) is 0. The van der Waals surface area contributed by atoms with Crippen LogP contribution in [0.15, 0.2) is 52.3 Å². The van der Waals surface area contributed by atoms with Crippen LogP contribution >= 0.6 is 11.3 Å². The maximum atomic E-state index is 13.1. The molecule has 5 nitrogen and oxygen atoms in total. The Labute approximate surface area is 183 Å². The van der Waals surface area contributed by atoms with E-state index in [0.717, 1.165) is 35.7 Å². The second kappa shape index (κ2) is 8.70. The van der Waals surface area contributed by atoms with Gasteiger partial charge >= 0.3 is 12.5 Å². The third-order valence-electron chi connectivity index (χ3n) is 4.34. The smallest absolute Gasteiger partial charge is 0.406 e. The van der Waals surface area contributed by atoms with Crippen LogP contribution in [0.2, 0.25) is 0 Å². The number of halogens is 6. The van der Waals surface area contributed by atoms with Crippen molar-refractivity contribution in [3.8, 4) is 17.0 Å². The molecular formula is C19H15F6N3O2S2. The highest BCUT2D eigenvalue weighted by Gasteiger charge is 2.32. The van der Waals surface area contributed by atoms with Gasteiger partial charge in [-0.15, -0.1) is 24.5 Å². The van der Waals surface area contributed by atoms with Crippen LogP contribution in [0, 0.1) is 0 Å². The molecule has 0 spiro atoms. The van der Waals surface area contributed by atoms with E-state index >= 15 is 0 Å². The standard InChI is InChI=1S/C19H15F6N3O2S2/c1-11(13-5-8-16(26-9-13)18(20,21)22)32(2,29)28-17-27-15(10-31-17)12-3-6-14(7-4-12)30-19(23,24)25/h3-11H,1-2H3. The quantitative estimate of drug-likeness (QED) is 0.374. The fraction of sp³-hybridized carbons (Fsp3) is 0.263. The molecule has 0 bridgehead atoms. The molecule has 2 unspecified atom stereocenters. The van der Waals surface area contributed by atoms with Crippen molar-refractivity contribution >= 4 is 26.2 Å². The SMILES string of the molecule is CC(c1ccc(C(F)(F)F)nc1)S(C)(=O)=Nc1nc(-c2ccc(OC(F)(F)F)cc2)cs1. The number of hydrogen-bond acceptors (Lipinski definition) is 6. The van der Waals surface area contributed by atoms with E-state index in [0.29, 0.717) is 16.8 Å². The van der Waals surface area contributed by atoms with E-state index in [1.807, 2.05) is 0 Å². The zero-order chi connectivity index (χ0) is 23.7. The fourth-order valence-corrected chi connectivity index (χ4v) is 4.89. The second-order valence-corrected chi connectivity index (χ2v) is 10.1. The lowest BCUT2D eigenvalue weighted by molar-refractivity contribution is -0.274. The molecule has 3 rings (SSSR count). The number of benzene rings is 1. The van der Waals surface area contributed by atoms with Crippen LogP contribution in [0.4, 0.5) is 31.5 Å². The first-order valence-corrected chi connectivity index (χ1v) is 11.7. The predicted octanol–water partition coefficient (Wildman–Crippen LogP) is 6.61. The van der Waals surface area contributed by atoms with E-state index in [9.17, 15) is 30.6 Å². The van der Waals surface area contributed by atoms with Gasteiger partial charge < -0.3 is 4.74 Å². The summed E-state index contributed by atoms with van der Waals surface area (Å²) in [6.07, 6.45) is -6.99. The number of thiazole rings is 1. The largest absolute Gasteiger partial charge is 0.573 e. The average molecular weight is 495 g/mol. The first kappa shape index (κ1) is 24.0. The van der Waals surface area contributed by atoms with Gasteiger partial charge in [0.15, 0.2) is 0 Å². The van der Waals surface area contributed by atoms with Crippen molar-refractivity contribution in [3.63, 3.8) is 0 Å². The van der Waals surface area contributed by atoms with Crippen molar-refractivity contribution < 1.29 is 35.3 Å². The van der Waals surface area contributed by atoms with Crippen LogP contribution in [0.1, 0.15) is 23.4 Å². The number of aromatic nitrogens is 2. The van der Waals surface area contributed by atoms with Crippen molar-refractivity contribution in [1.82, 2.24) is 9.97 Å². The molecule has 2 aromatic heterocycles. The van der Waals surface area contributed by atoms with Crippen molar-refractivity contribution in [3.05, 3.63) is 59.2 Å². The number of rotatable bonds is 5. The maximum absolute atomic E-state index is 13.1. The molecular weight excluding hydrogens is 480 g/mol. The van der Waals surface area contributed by atoms with Gasteiger partial charge in [0.25, 0.3) is 0 Å². The van der Waals surface area contributed by atoms with Crippen molar-refractivity contribution in [2.45, 2.75) is 24.7 Å². The van der Waals surface area contributed by atoms with E-state index in [1.165, 1.54) is 24.5 Å². The summed E-state index contributed by atoms with van der Waals surface area (Å²) in [6, 6.07) is 7.08. The summed E-state index contributed by atoms with van der Waals surface area (Å²) in [5.74, 6) is -0.378. The minimum absolute atomic E-state index is 0.162. The van der Waals surface area contributed by atoms with Gasteiger partial charge in [-0.2, -0.15) is 17.5 Å². The topological polar surface area (TPSA) is 64.4 Å². The van der Waals surface area contributed by atoms with Crippen LogP contribution < -0.4 is 4.74 Å². The van der Waals surface area contributed by atoms with Gasteiger partial charge in [0.2, 0.25) is 5.13 Å². The summed E-state index contributed by atoms with van der Waals surface area (Å²) < 4.78 is 95.9. The van der Waals surface area contributed by atoms with Crippen LogP contribution in [0.5, 0.6) is 5.75 Å². The Hall–Kier alpha value is -2.67. The van der Waals surface area contributed by atoms with Crippen LogP contribution in [-0.2, 0) is 15.9 Å². The number of ether oxygens (including phenoxy) is 1. The Morgan fingerprint density at radius 1 is 1.06 bits per heavy atom. The van der Waals surface area contributed by atoms with E-state index in [1.54, 1.807) is 12.3 Å². The lowest BCUT2D eigenvalue weighted by Gasteiger charge is -2.14.